The second-order valence-electron chi connectivity index (χ2n) is 5.00. The van der Waals surface area contributed by atoms with Gasteiger partial charge in [0.2, 0.25) is 0 Å². The first-order valence-corrected chi connectivity index (χ1v) is 6.24. The monoisotopic (exact) mass is 218 g/mol. The lowest BCUT2D eigenvalue weighted by Gasteiger charge is -2.26. The molecule has 1 aliphatic rings. The average Bonchev–Trinajstić information content (AvgIpc) is 2.75. The van der Waals surface area contributed by atoms with Crippen molar-refractivity contribution in [1.82, 2.24) is 4.90 Å². The third kappa shape index (κ3) is 2.45. The van der Waals surface area contributed by atoms with Crippen LogP contribution in [0.2, 0.25) is 0 Å². The fraction of sp³-hybridized carbons (Fsp3) is 0.571. The predicted octanol–water partition coefficient (Wildman–Crippen LogP) is 2.25. The van der Waals surface area contributed by atoms with Gasteiger partial charge < -0.3 is 5.73 Å². The van der Waals surface area contributed by atoms with Crippen LogP contribution in [-0.4, -0.2) is 24.5 Å². The van der Waals surface area contributed by atoms with Gasteiger partial charge in [0.25, 0.3) is 0 Å². The zero-order valence-corrected chi connectivity index (χ0v) is 10.2. The molecule has 0 aliphatic carbocycles. The molecule has 0 radical (unpaired) electrons. The summed E-state index contributed by atoms with van der Waals surface area (Å²) in [5.74, 6) is 0. The predicted molar refractivity (Wildman–Crippen MR) is 68.1 cm³/mol. The van der Waals surface area contributed by atoms with Crippen LogP contribution in [0.1, 0.15) is 25.3 Å². The maximum absolute atomic E-state index is 5.91. The SMILES string of the molecule is CCC1(CN)CCN(Cc2ccccc2)C1. The Bertz CT molecular complexity index is 317. The first kappa shape index (κ1) is 11.6. The van der Waals surface area contributed by atoms with Crippen LogP contribution in [0.15, 0.2) is 30.3 Å². The molecule has 0 saturated carbocycles. The molecule has 0 aromatic heterocycles. The van der Waals surface area contributed by atoms with Crippen molar-refractivity contribution < 1.29 is 0 Å². The van der Waals surface area contributed by atoms with Gasteiger partial charge in [-0.15, -0.1) is 0 Å². The van der Waals surface area contributed by atoms with Crippen LogP contribution in [0.25, 0.3) is 0 Å². The maximum atomic E-state index is 5.91. The van der Waals surface area contributed by atoms with Crippen molar-refractivity contribution >= 4 is 0 Å². The van der Waals surface area contributed by atoms with E-state index in [1.165, 1.54) is 24.9 Å². The Kier molecular flexibility index (Phi) is 3.62. The zero-order chi connectivity index (χ0) is 11.4. The minimum Gasteiger partial charge on any atom is -0.330 e. The van der Waals surface area contributed by atoms with E-state index in [1.807, 2.05) is 0 Å². The van der Waals surface area contributed by atoms with Crippen LogP contribution in [-0.2, 0) is 6.54 Å². The Morgan fingerprint density at radius 3 is 2.62 bits per heavy atom. The van der Waals surface area contributed by atoms with Crippen LogP contribution in [0.3, 0.4) is 0 Å². The fourth-order valence-corrected chi connectivity index (χ4v) is 2.60. The molecule has 1 heterocycles. The lowest BCUT2D eigenvalue weighted by Crippen LogP contribution is -2.33. The van der Waals surface area contributed by atoms with Crippen molar-refractivity contribution in [3.05, 3.63) is 35.9 Å². The Balaban J connectivity index is 1.95. The van der Waals surface area contributed by atoms with Crippen molar-refractivity contribution in [3.8, 4) is 0 Å². The van der Waals surface area contributed by atoms with Crippen molar-refractivity contribution in [3.63, 3.8) is 0 Å². The zero-order valence-electron chi connectivity index (χ0n) is 10.2. The lowest BCUT2D eigenvalue weighted by atomic mass is 9.84. The van der Waals surface area contributed by atoms with Gasteiger partial charge in [0, 0.05) is 13.1 Å². The summed E-state index contributed by atoms with van der Waals surface area (Å²) >= 11 is 0. The van der Waals surface area contributed by atoms with Crippen molar-refractivity contribution in [1.29, 1.82) is 0 Å². The van der Waals surface area contributed by atoms with Crippen LogP contribution in [0.4, 0.5) is 0 Å². The van der Waals surface area contributed by atoms with E-state index < -0.39 is 0 Å². The van der Waals surface area contributed by atoms with Crippen molar-refractivity contribution in [2.24, 2.45) is 11.1 Å². The summed E-state index contributed by atoms with van der Waals surface area (Å²) in [7, 11) is 0. The van der Waals surface area contributed by atoms with Gasteiger partial charge in [-0.1, -0.05) is 37.3 Å². The normalized spacial score (nSPS) is 26.1. The van der Waals surface area contributed by atoms with Crippen molar-refractivity contribution in [2.45, 2.75) is 26.3 Å². The molecule has 2 nitrogen and oxygen atoms in total. The number of nitrogens with two attached hydrogens (primary N) is 1. The van der Waals surface area contributed by atoms with Crippen LogP contribution < -0.4 is 5.73 Å². The molecule has 1 atom stereocenters. The van der Waals surface area contributed by atoms with Gasteiger partial charge in [-0.3, -0.25) is 4.90 Å². The molecule has 88 valence electrons. The third-order valence-corrected chi connectivity index (χ3v) is 3.95. The highest BCUT2D eigenvalue weighted by atomic mass is 15.2. The largest absolute Gasteiger partial charge is 0.330 e. The molecule has 0 bridgehead atoms. The molecule has 1 aromatic carbocycles. The van der Waals surface area contributed by atoms with Gasteiger partial charge in [0.15, 0.2) is 0 Å². The summed E-state index contributed by atoms with van der Waals surface area (Å²) in [5.41, 5.74) is 7.70. The second-order valence-corrected chi connectivity index (χ2v) is 5.00. The molecule has 2 rings (SSSR count). The highest BCUT2D eigenvalue weighted by Gasteiger charge is 2.34. The topological polar surface area (TPSA) is 29.3 Å². The van der Waals surface area contributed by atoms with E-state index in [0.29, 0.717) is 5.41 Å². The first-order valence-electron chi connectivity index (χ1n) is 6.24. The molecule has 0 amide bonds. The van der Waals surface area contributed by atoms with Crippen LogP contribution >= 0.6 is 0 Å². The molecule has 16 heavy (non-hydrogen) atoms. The summed E-state index contributed by atoms with van der Waals surface area (Å²) in [6.07, 6.45) is 2.46. The first-order chi connectivity index (χ1) is 7.78. The minimum atomic E-state index is 0.384. The number of nitrogens with zero attached hydrogens (tertiary/aromatic N) is 1. The van der Waals surface area contributed by atoms with E-state index in [1.54, 1.807) is 0 Å². The molecule has 1 aromatic rings. The third-order valence-electron chi connectivity index (χ3n) is 3.95. The average molecular weight is 218 g/mol. The van der Waals surface area contributed by atoms with E-state index in [2.05, 4.69) is 42.2 Å². The number of hydrogen-bond donors (Lipinski definition) is 1. The molecule has 2 N–H and O–H groups in total. The molecule has 1 saturated heterocycles. The molecular weight excluding hydrogens is 196 g/mol. The number of hydrogen-bond acceptors (Lipinski definition) is 2. The quantitative estimate of drug-likeness (QED) is 0.840. The highest BCUT2D eigenvalue weighted by molar-refractivity contribution is 5.14. The number of rotatable bonds is 4. The van der Waals surface area contributed by atoms with E-state index in [0.717, 1.165) is 19.6 Å². The molecule has 2 heteroatoms. The summed E-state index contributed by atoms with van der Waals surface area (Å²) in [6.45, 7) is 6.52. The summed E-state index contributed by atoms with van der Waals surface area (Å²) < 4.78 is 0. The number of benzene rings is 1. The standard InChI is InChI=1S/C14H22N2/c1-2-14(11-15)8-9-16(12-14)10-13-6-4-3-5-7-13/h3-7H,2,8-12,15H2,1H3. The maximum Gasteiger partial charge on any atom is 0.0233 e. The molecule has 1 unspecified atom stereocenters. The Labute approximate surface area is 98.4 Å². The van der Waals surface area contributed by atoms with E-state index in [4.69, 9.17) is 5.73 Å². The Morgan fingerprint density at radius 1 is 1.31 bits per heavy atom. The van der Waals surface area contributed by atoms with Crippen LogP contribution in [0, 0.1) is 5.41 Å². The molecule has 0 spiro atoms. The van der Waals surface area contributed by atoms with Gasteiger partial charge in [0.1, 0.15) is 0 Å². The van der Waals surface area contributed by atoms with Gasteiger partial charge in [-0.2, -0.15) is 0 Å². The fourth-order valence-electron chi connectivity index (χ4n) is 2.60. The smallest absolute Gasteiger partial charge is 0.0233 e. The molecule has 1 aliphatic heterocycles. The lowest BCUT2D eigenvalue weighted by molar-refractivity contribution is 0.250. The Morgan fingerprint density at radius 2 is 2.06 bits per heavy atom. The molecule has 1 fully saturated rings. The van der Waals surface area contributed by atoms with Gasteiger partial charge in [-0.25, -0.2) is 0 Å². The highest BCUT2D eigenvalue weighted by Crippen LogP contribution is 2.33. The van der Waals surface area contributed by atoms with Gasteiger partial charge in [-0.05, 0) is 36.9 Å². The van der Waals surface area contributed by atoms with E-state index in [-0.39, 0.29) is 0 Å². The summed E-state index contributed by atoms with van der Waals surface area (Å²) in [6, 6.07) is 10.7. The van der Waals surface area contributed by atoms with Gasteiger partial charge >= 0.3 is 0 Å². The Hall–Kier alpha value is -0.860. The molecular formula is C14H22N2. The van der Waals surface area contributed by atoms with Crippen molar-refractivity contribution in [2.75, 3.05) is 19.6 Å². The second kappa shape index (κ2) is 4.98. The summed E-state index contributed by atoms with van der Waals surface area (Å²) in [5, 5.41) is 0. The number of likely N-dealkylation sites (tertiary alicyclic amines) is 1. The summed E-state index contributed by atoms with van der Waals surface area (Å²) in [4.78, 5) is 2.53. The van der Waals surface area contributed by atoms with Crippen LogP contribution in [0.5, 0.6) is 0 Å². The van der Waals surface area contributed by atoms with E-state index in [9.17, 15) is 0 Å². The van der Waals surface area contributed by atoms with Gasteiger partial charge in [0.05, 0.1) is 0 Å². The minimum absolute atomic E-state index is 0.384. The van der Waals surface area contributed by atoms with E-state index >= 15 is 0 Å².